The Bertz CT molecular complexity index is 650. The lowest BCUT2D eigenvalue weighted by atomic mass is 9.98. The summed E-state index contributed by atoms with van der Waals surface area (Å²) in [5, 5.41) is 0. The molecule has 1 saturated carbocycles. The van der Waals surface area contributed by atoms with Crippen molar-refractivity contribution in [3.05, 3.63) is 33.8 Å². The Morgan fingerprint density at radius 2 is 2.09 bits per heavy atom. The second-order valence-electron chi connectivity index (χ2n) is 5.77. The van der Waals surface area contributed by atoms with E-state index in [2.05, 4.69) is 0 Å². The molecule has 0 spiro atoms. The van der Waals surface area contributed by atoms with Gasteiger partial charge in [-0.2, -0.15) is 0 Å². The number of hydrogen-bond acceptors (Lipinski definition) is 4. The summed E-state index contributed by atoms with van der Waals surface area (Å²) in [6, 6.07) is 5.96. The molecule has 3 rings (SSSR count). The fourth-order valence-electron chi connectivity index (χ4n) is 2.93. The van der Waals surface area contributed by atoms with Crippen molar-refractivity contribution in [3.63, 3.8) is 0 Å². The van der Waals surface area contributed by atoms with E-state index in [0.29, 0.717) is 12.6 Å². The Morgan fingerprint density at radius 3 is 2.77 bits per heavy atom. The molecule has 5 heteroatoms. The summed E-state index contributed by atoms with van der Waals surface area (Å²) < 4.78 is 6.88. The van der Waals surface area contributed by atoms with Gasteiger partial charge in [0, 0.05) is 6.54 Å². The van der Waals surface area contributed by atoms with Gasteiger partial charge in [-0.05, 0) is 56.4 Å². The molecular formula is C17H21ClN2OS. The first kappa shape index (κ1) is 15.8. The Morgan fingerprint density at radius 1 is 1.32 bits per heavy atom. The second-order valence-corrected chi connectivity index (χ2v) is 7.45. The molecule has 0 saturated heterocycles. The first-order valence-electron chi connectivity index (χ1n) is 7.80. The van der Waals surface area contributed by atoms with Gasteiger partial charge in [0.15, 0.2) is 0 Å². The van der Waals surface area contributed by atoms with E-state index in [0.717, 1.165) is 44.8 Å². The van der Waals surface area contributed by atoms with E-state index in [-0.39, 0.29) is 0 Å². The van der Waals surface area contributed by atoms with Gasteiger partial charge in [-0.15, -0.1) is 11.3 Å². The van der Waals surface area contributed by atoms with Gasteiger partial charge in [-0.25, -0.2) is 4.98 Å². The maximum Gasteiger partial charge on any atom is 0.140 e. The summed E-state index contributed by atoms with van der Waals surface area (Å²) in [4.78, 5) is 5.76. The van der Waals surface area contributed by atoms with Gasteiger partial charge in [0.05, 0.1) is 26.7 Å². The first-order valence-corrected chi connectivity index (χ1v) is 9.00. The van der Waals surface area contributed by atoms with E-state index >= 15 is 0 Å². The van der Waals surface area contributed by atoms with E-state index in [9.17, 15) is 0 Å². The topological polar surface area (TPSA) is 48.1 Å². The summed E-state index contributed by atoms with van der Waals surface area (Å²) in [7, 11) is 0. The molecule has 2 aromatic rings. The van der Waals surface area contributed by atoms with E-state index in [1.165, 1.54) is 30.6 Å². The summed E-state index contributed by atoms with van der Waals surface area (Å²) >= 11 is 7.63. The van der Waals surface area contributed by atoms with Crippen molar-refractivity contribution in [2.75, 3.05) is 0 Å². The molecule has 0 unspecified atom stereocenters. The Labute approximate surface area is 140 Å². The third-order valence-corrected chi connectivity index (χ3v) is 5.44. The zero-order chi connectivity index (χ0) is 15.5. The summed E-state index contributed by atoms with van der Waals surface area (Å²) in [6.45, 7) is 2.47. The molecule has 118 valence electrons. The molecule has 0 aliphatic heterocycles. The zero-order valence-electron chi connectivity index (χ0n) is 12.8. The van der Waals surface area contributed by atoms with Crippen molar-refractivity contribution in [1.29, 1.82) is 0 Å². The number of rotatable bonds is 4. The van der Waals surface area contributed by atoms with Crippen molar-refractivity contribution < 1.29 is 4.74 Å². The van der Waals surface area contributed by atoms with Crippen LogP contribution in [-0.4, -0.2) is 11.1 Å². The van der Waals surface area contributed by atoms with Crippen LogP contribution in [-0.2, 0) is 6.54 Å². The van der Waals surface area contributed by atoms with Gasteiger partial charge in [0.2, 0.25) is 0 Å². The van der Waals surface area contributed by atoms with Gasteiger partial charge in [0.25, 0.3) is 0 Å². The van der Waals surface area contributed by atoms with Crippen LogP contribution in [0.4, 0.5) is 0 Å². The number of nitrogens with zero attached hydrogens (tertiary/aromatic N) is 1. The third kappa shape index (κ3) is 3.45. The number of thiophene rings is 1. The third-order valence-electron chi connectivity index (χ3n) is 4.11. The van der Waals surface area contributed by atoms with Crippen LogP contribution in [0, 0.1) is 6.92 Å². The molecule has 0 radical (unpaired) electrons. The van der Waals surface area contributed by atoms with Crippen LogP contribution in [0.3, 0.4) is 0 Å². The molecule has 0 atom stereocenters. The molecule has 0 aromatic carbocycles. The number of pyridine rings is 1. The van der Waals surface area contributed by atoms with Crippen LogP contribution in [0.25, 0.3) is 10.6 Å². The smallest absolute Gasteiger partial charge is 0.140 e. The van der Waals surface area contributed by atoms with Crippen LogP contribution < -0.4 is 10.5 Å². The number of halogens is 1. The standard InChI is InChI=1S/C17H21ClN2OS/c1-11-15(21-13-5-3-2-4-6-13)8-7-14(20-11)17-12(10-19)9-16(18)22-17/h7-9,13H,2-6,10,19H2,1H3. The highest BCUT2D eigenvalue weighted by Gasteiger charge is 2.17. The maximum absolute atomic E-state index is 6.13. The van der Waals surface area contributed by atoms with Gasteiger partial charge in [0.1, 0.15) is 5.75 Å². The van der Waals surface area contributed by atoms with Crippen LogP contribution >= 0.6 is 22.9 Å². The second kappa shape index (κ2) is 6.99. The maximum atomic E-state index is 6.13. The lowest BCUT2D eigenvalue weighted by Gasteiger charge is -2.23. The minimum atomic E-state index is 0.343. The molecule has 0 bridgehead atoms. The predicted octanol–water partition coefficient (Wildman–Crippen LogP) is 4.94. The minimum absolute atomic E-state index is 0.343. The van der Waals surface area contributed by atoms with Crippen LogP contribution in [0.5, 0.6) is 5.75 Å². The Balaban J connectivity index is 1.82. The van der Waals surface area contributed by atoms with Gasteiger partial charge in [-0.3, -0.25) is 0 Å². The Hall–Kier alpha value is -1.10. The predicted molar refractivity (Wildman–Crippen MR) is 92.7 cm³/mol. The summed E-state index contributed by atoms with van der Waals surface area (Å²) in [5.74, 6) is 0.896. The van der Waals surface area contributed by atoms with E-state index in [1.54, 1.807) is 0 Å². The molecule has 1 fully saturated rings. The molecule has 22 heavy (non-hydrogen) atoms. The molecule has 2 aromatic heterocycles. The van der Waals surface area contributed by atoms with Crippen molar-refractivity contribution in [3.8, 4) is 16.3 Å². The van der Waals surface area contributed by atoms with Crippen LogP contribution in [0.1, 0.15) is 43.4 Å². The number of hydrogen-bond donors (Lipinski definition) is 1. The number of aryl methyl sites for hydroxylation is 1. The molecule has 3 nitrogen and oxygen atoms in total. The Kier molecular flexibility index (Phi) is 5.01. The van der Waals surface area contributed by atoms with Crippen LogP contribution in [0.2, 0.25) is 4.34 Å². The van der Waals surface area contributed by atoms with E-state index < -0.39 is 0 Å². The highest BCUT2D eigenvalue weighted by molar-refractivity contribution is 7.19. The molecule has 1 aliphatic rings. The van der Waals surface area contributed by atoms with Gasteiger partial charge in [-0.1, -0.05) is 18.0 Å². The number of ether oxygens (including phenoxy) is 1. The monoisotopic (exact) mass is 336 g/mol. The zero-order valence-corrected chi connectivity index (χ0v) is 14.3. The van der Waals surface area contributed by atoms with E-state index in [4.69, 9.17) is 27.1 Å². The van der Waals surface area contributed by atoms with Crippen molar-refractivity contribution >= 4 is 22.9 Å². The normalized spacial score (nSPS) is 16.0. The van der Waals surface area contributed by atoms with Gasteiger partial charge >= 0.3 is 0 Å². The summed E-state index contributed by atoms with van der Waals surface area (Å²) in [5.41, 5.74) is 8.68. The van der Waals surface area contributed by atoms with Crippen LogP contribution in [0.15, 0.2) is 18.2 Å². The molecule has 0 amide bonds. The number of aromatic nitrogens is 1. The fourth-order valence-corrected chi connectivity index (χ4v) is 4.18. The molecule has 1 aliphatic carbocycles. The molecule has 2 N–H and O–H groups in total. The first-order chi connectivity index (χ1) is 10.7. The highest BCUT2D eigenvalue weighted by Crippen LogP contribution is 2.35. The average Bonchev–Trinajstić information content (AvgIpc) is 2.91. The minimum Gasteiger partial charge on any atom is -0.489 e. The summed E-state index contributed by atoms with van der Waals surface area (Å²) in [6.07, 6.45) is 6.51. The van der Waals surface area contributed by atoms with Crippen molar-refractivity contribution in [2.24, 2.45) is 5.73 Å². The molecule has 2 heterocycles. The largest absolute Gasteiger partial charge is 0.489 e. The van der Waals surface area contributed by atoms with E-state index in [1.807, 2.05) is 25.1 Å². The fraction of sp³-hybridized carbons (Fsp3) is 0.471. The average molecular weight is 337 g/mol. The number of nitrogens with two attached hydrogens (primary N) is 1. The van der Waals surface area contributed by atoms with Gasteiger partial charge < -0.3 is 10.5 Å². The SMILES string of the molecule is Cc1nc(-c2sc(Cl)cc2CN)ccc1OC1CCCCC1. The lowest BCUT2D eigenvalue weighted by Crippen LogP contribution is -2.20. The highest BCUT2D eigenvalue weighted by atomic mass is 35.5. The lowest BCUT2D eigenvalue weighted by molar-refractivity contribution is 0.153. The van der Waals surface area contributed by atoms with Crippen molar-refractivity contribution in [1.82, 2.24) is 4.98 Å². The quantitative estimate of drug-likeness (QED) is 0.860. The molecular weight excluding hydrogens is 316 g/mol. The van der Waals surface area contributed by atoms with Crippen molar-refractivity contribution in [2.45, 2.75) is 51.7 Å².